The summed E-state index contributed by atoms with van der Waals surface area (Å²) in [4.78, 5) is 23.4. The number of rotatable bonds is 0. The molecule has 2 aliphatic rings. The number of amides is 2. The molecule has 0 aromatic rings. The zero-order valence-electron chi connectivity index (χ0n) is 6.87. The van der Waals surface area contributed by atoms with Crippen LogP contribution in [0.1, 0.15) is 12.8 Å². The molecule has 0 aromatic heterocycles. The van der Waals surface area contributed by atoms with Gasteiger partial charge in [-0.25, -0.2) is 14.9 Å². The fourth-order valence-electron chi connectivity index (χ4n) is 2.09. The molecule has 1 heterocycles. The number of hydrogen-bond acceptors (Lipinski definition) is 2. The summed E-state index contributed by atoms with van der Waals surface area (Å²) in [6.45, 7) is 0. The van der Waals surface area contributed by atoms with Crippen molar-refractivity contribution in [2.75, 3.05) is 0 Å². The van der Waals surface area contributed by atoms with Crippen molar-refractivity contribution >= 4 is 43.7 Å². The van der Waals surface area contributed by atoms with Crippen molar-refractivity contribution in [3.8, 4) is 0 Å². The van der Waals surface area contributed by atoms with Gasteiger partial charge in [0.05, 0.1) is 11.8 Å². The summed E-state index contributed by atoms with van der Waals surface area (Å²) in [5.74, 6) is -0.0472. The summed E-state index contributed by atoms with van der Waals surface area (Å²) < 4.78 is 0. The Hall–Kier alpha value is 0.260. The molecule has 1 aliphatic carbocycles. The van der Waals surface area contributed by atoms with E-state index in [2.05, 4.69) is 31.9 Å². The Balaban J connectivity index is 2.19. The predicted octanol–water partition coefficient (Wildman–Crippen LogP) is 0.170. The van der Waals surface area contributed by atoms with Crippen LogP contribution >= 0.6 is 31.9 Å². The van der Waals surface area contributed by atoms with Crippen molar-refractivity contribution in [3.05, 3.63) is 0 Å². The number of hydrogen-bond donors (Lipinski definition) is 1. The largest absolute Gasteiger partial charge is 0.321 e. The molecule has 5 heteroatoms. The van der Waals surface area contributed by atoms with E-state index in [1.165, 1.54) is 5.32 Å². The standard InChI is InChI=1S/C8H9Br2NO2/c9-5-1-3-4(2-6(5)10)8(13)11-7(3)12/h3-6H,1-2H2,(H,11,12,13)/p+1. The van der Waals surface area contributed by atoms with Gasteiger partial charge in [0.15, 0.2) is 0 Å². The molecule has 2 amide bonds. The van der Waals surface area contributed by atoms with Gasteiger partial charge in [-0.2, -0.15) is 0 Å². The Morgan fingerprint density at radius 3 is 1.77 bits per heavy atom. The summed E-state index contributed by atoms with van der Waals surface area (Å²) >= 11 is 7.03. The summed E-state index contributed by atoms with van der Waals surface area (Å²) in [5.41, 5.74) is 0. The van der Waals surface area contributed by atoms with Gasteiger partial charge in [-0.15, -0.1) is 0 Å². The van der Waals surface area contributed by atoms with Crippen molar-refractivity contribution in [2.45, 2.75) is 22.5 Å². The third kappa shape index (κ3) is 1.62. The minimum atomic E-state index is -0.0503. The van der Waals surface area contributed by atoms with E-state index in [4.69, 9.17) is 0 Å². The summed E-state index contributed by atoms with van der Waals surface area (Å²) in [6.07, 6.45) is 1.56. The molecule has 1 saturated carbocycles. The first-order chi connectivity index (χ1) is 6.09. The average molecular weight is 312 g/mol. The van der Waals surface area contributed by atoms with E-state index in [1.807, 2.05) is 0 Å². The van der Waals surface area contributed by atoms with Crippen LogP contribution in [0.2, 0.25) is 0 Å². The first-order valence-electron chi connectivity index (χ1n) is 4.30. The van der Waals surface area contributed by atoms with E-state index < -0.39 is 0 Å². The third-order valence-corrected chi connectivity index (χ3v) is 5.59. The highest BCUT2D eigenvalue weighted by molar-refractivity contribution is 9.12. The van der Waals surface area contributed by atoms with E-state index >= 15 is 0 Å². The van der Waals surface area contributed by atoms with E-state index in [0.29, 0.717) is 9.65 Å². The average Bonchev–Trinajstić information content (AvgIpc) is 2.31. The van der Waals surface area contributed by atoms with Gasteiger partial charge in [0, 0.05) is 9.65 Å². The Morgan fingerprint density at radius 1 is 1.00 bits per heavy atom. The van der Waals surface area contributed by atoms with Crippen LogP contribution < -0.4 is 5.32 Å². The fraction of sp³-hybridized carbons (Fsp3) is 0.750. The van der Waals surface area contributed by atoms with E-state index in [-0.39, 0.29) is 23.7 Å². The monoisotopic (exact) mass is 310 g/mol. The van der Waals surface area contributed by atoms with Gasteiger partial charge < -0.3 is 0 Å². The lowest BCUT2D eigenvalue weighted by atomic mass is 9.81. The number of fused-ring (bicyclic) bond motifs is 1. The smallest absolute Gasteiger partial charge is 0.230 e. The number of quaternary nitrogens is 1. The van der Waals surface area contributed by atoms with E-state index in [0.717, 1.165) is 12.8 Å². The Morgan fingerprint density at radius 2 is 1.38 bits per heavy atom. The Bertz CT molecular complexity index is 243. The van der Waals surface area contributed by atoms with Gasteiger partial charge in [-0.1, -0.05) is 31.9 Å². The second-order valence-corrected chi connectivity index (χ2v) is 6.02. The minimum absolute atomic E-state index is 0.0267. The topological polar surface area (TPSA) is 50.8 Å². The highest BCUT2D eigenvalue weighted by Gasteiger charge is 2.51. The highest BCUT2D eigenvalue weighted by Crippen LogP contribution is 2.38. The molecular weight excluding hydrogens is 302 g/mol. The normalized spacial score (nSPS) is 45.1. The van der Waals surface area contributed by atoms with Gasteiger partial charge in [0.25, 0.3) is 0 Å². The molecule has 72 valence electrons. The van der Waals surface area contributed by atoms with Crippen LogP contribution in [0.5, 0.6) is 0 Å². The highest BCUT2D eigenvalue weighted by atomic mass is 79.9. The fourth-order valence-corrected chi connectivity index (χ4v) is 3.33. The number of nitrogens with two attached hydrogens (primary N) is 1. The molecule has 3 nitrogen and oxygen atoms in total. The number of halogens is 2. The number of carbonyl (C=O) groups is 2. The molecule has 0 bridgehead atoms. The lowest BCUT2D eigenvalue weighted by Gasteiger charge is -2.27. The first-order valence-corrected chi connectivity index (χ1v) is 6.13. The zero-order valence-corrected chi connectivity index (χ0v) is 10.0. The van der Waals surface area contributed by atoms with Crippen molar-refractivity contribution in [2.24, 2.45) is 11.8 Å². The molecular formula is C8H10Br2NO2+. The molecule has 4 atom stereocenters. The van der Waals surface area contributed by atoms with Crippen LogP contribution in [0.4, 0.5) is 0 Å². The molecule has 0 spiro atoms. The van der Waals surface area contributed by atoms with E-state index in [9.17, 15) is 9.59 Å². The number of carbonyl (C=O) groups excluding carboxylic acids is 2. The lowest BCUT2D eigenvalue weighted by molar-refractivity contribution is -0.479. The van der Waals surface area contributed by atoms with Gasteiger partial charge in [-0.3, -0.25) is 0 Å². The molecule has 2 N–H and O–H groups in total. The zero-order chi connectivity index (χ0) is 9.59. The van der Waals surface area contributed by atoms with Gasteiger partial charge >= 0.3 is 11.8 Å². The van der Waals surface area contributed by atoms with E-state index in [1.54, 1.807) is 0 Å². The number of imide groups is 1. The first kappa shape index (κ1) is 9.80. The van der Waals surface area contributed by atoms with Crippen LogP contribution in [-0.4, -0.2) is 21.5 Å². The summed E-state index contributed by atoms with van der Waals surface area (Å²) in [7, 11) is 0. The molecule has 0 radical (unpaired) electrons. The van der Waals surface area contributed by atoms with Crippen LogP contribution in [0, 0.1) is 11.8 Å². The van der Waals surface area contributed by atoms with Crippen LogP contribution in [-0.2, 0) is 9.59 Å². The Kier molecular flexibility index (Phi) is 2.59. The summed E-state index contributed by atoms with van der Waals surface area (Å²) in [6, 6.07) is 0. The van der Waals surface area contributed by atoms with Crippen molar-refractivity contribution in [3.63, 3.8) is 0 Å². The lowest BCUT2D eigenvalue weighted by Crippen LogP contribution is -2.88. The quantitative estimate of drug-likeness (QED) is 0.512. The van der Waals surface area contributed by atoms with Gasteiger partial charge in [-0.05, 0) is 12.8 Å². The molecule has 1 saturated heterocycles. The molecule has 1 aliphatic heterocycles. The van der Waals surface area contributed by atoms with Crippen molar-refractivity contribution in [1.29, 1.82) is 0 Å². The number of alkyl halides is 2. The Labute approximate surface area is 92.9 Å². The van der Waals surface area contributed by atoms with Crippen molar-refractivity contribution in [1.82, 2.24) is 0 Å². The predicted molar refractivity (Wildman–Crippen MR) is 53.6 cm³/mol. The number of primary amides is 2. The molecule has 0 aromatic carbocycles. The van der Waals surface area contributed by atoms with Crippen LogP contribution in [0.3, 0.4) is 0 Å². The maximum absolute atomic E-state index is 11.4. The second kappa shape index (κ2) is 3.44. The van der Waals surface area contributed by atoms with Crippen molar-refractivity contribution < 1.29 is 14.9 Å². The van der Waals surface area contributed by atoms with Gasteiger partial charge in [0.2, 0.25) is 0 Å². The van der Waals surface area contributed by atoms with Gasteiger partial charge in [0.1, 0.15) is 0 Å². The molecule has 4 unspecified atom stereocenters. The maximum Gasteiger partial charge on any atom is 0.321 e. The minimum Gasteiger partial charge on any atom is -0.230 e. The maximum atomic E-state index is 11.4. The summed E-state index contributed by atoms with van der Waals surface area (Å²) in [5, 5.41) is 1.28. The molecule has 2 rings (SSSR count). The molecule has 2 fully saturated rings. The SMILES string of the molecule is O=C1[NH2+]C(=O)C2CC(Br)C(Br)CC12. The second-order valence-electron chi connectivity index (χ2n) is 3.67. The van der Waals surface area contributed by atoms with Crippen LogP contribution in [0.15, 0.2) is 0 Å². The third-order valence-electron chi connectivity index (χ3n) is 2.85. The van der Waals surface area contributed by atoms with Crippen LogP contribution in [0.25, 0.3) is 0 Å². The molecule has 13 heavy (non-hydrogen) atoms.